The second kappa shape index (κ2) is 11.0. The molecule has 0 fully saturated rings. The van der Waals surface area contributed by atoms with E-state index in [1.807, 2.05) is 61.0 Å². The third-order valence-corrected chi connectivity index (χ3v) is 7.14. The van der Waals surface area contributed by atoms with Crippen LogP contribution in [-0.4, -0.2) is 62.9 Å². The van der Waals surface area contributed by atoms with Crippen LogP contribution >= 0.6 is 11.8 Å². The third-order valence-electron chi connectivity index (χ3n) is 6.49. The van der Waals surface area contributed by atoms with E-state index < -0.39 is 30.0 Å². The van der Waals surface area contributed by atoms with Crippen molar-refractivity contribution in [2.45, 2.75) is 43.9 Å². The Bertz CT molecular complexity index is 1230. The first kappa shape index (κ1) is 24.8. The van der Waals surface area contributed by atoms with Gasteiger partial charge < -0.3 is 26.0 Å². The Labute approximate surface area is 208 Å². The summed E-state index contributed by atoms with van der Waals surface area (Å²) in [6.45, 7) is 0.247. The highest BCUT2D eigenvalue weighted by atomic mass is 32.2. The zero-order valence-electron chi connectivity index (χ0n) is 19.6. The highest BCUT2D eigenvalue weighted by Gasteiger charge is 2.38. The molecular weight excluding hydrogens is 464 g/mol. The van der Waals surface area contributed by atoms with Crippen molar-refractivity contribution in [3.8, 4) is 0 Å². The minimum Gasteiger partial charge on any atom is -0.480 e. The maximum atomic E-state index is 13.6. The van der Waals surface area contributed by atoms with Gasteiger partial charge in [-0.2, -0.15) is 11.8 Å². The number of carbonyl (C=O) groups excluding carboxylic acids is 2. The van der Waals surface area contributed by atoms with E-state index >= 15 is 0 Å². The fourth-order valence-electron chi connectivity index (χ4n) is 4.59. The number of nitrogens with one attached hydrogen (secondary N) is 2. The Morgan fingerprint density at radius 2 is 1.89 bits per heavy atom. The van der Waals surface area contributed by atoms with E-state index in [4.69, 9.17) is 5.73 Å². The monoisotopic (exact) mass is 494 g/mol. The lowest BCUT2D eigenvalue weighted by atomic mass is 9.92. The van der Waals surface area contributed by atoms with Gasteiger partial charge in [0.1, 0.15) is 12.1 Å². The van der Waals surface area contributed by atoms with Crippen LogP contribution in [-0.2, 0) is 33.8 Å². The average molecular weight is 495 g/mol. The molecule has 35 heavy (non-hydrogen) atoms. The molecule has 0 bridgehead atoms. The van der Waals surface area contributed by atoms with Gasteiger partial charge in [-0.3, -0.25) is 9.59 Å². The van der Waals surface area contributed by atoms with Gasteiger partial charge in [-0.25, -0.2) is 4.79 Å². The van der Waals surface area contributed by atoms with Gasteiger partial charge in [0.2, 0.25) is 11.8 Å². The molecule has 184 valence electrons. The number of nitrogens with zero attached hydrogens (tertiary/aromatic N) is 1. The molecule has 2 amide bonds. The van der Waals surface area contributed by atoms with Gasteiger partial charge in [0.15, 0.2) is 0 Å². The summed E-state index contributed by atoms with van der Waals surface area (Å²) in [4.78, 5) is 43.3. The number of para-hydroxylation sites is 1. The summed E-state index contributed by atoms with van der Waals surface area (Å²) in [6, 6.07) is 12.8. The number of rotatable bonds is 9. The second-order valence-electron chi connectivity index (χ2n) is 8.81. The number of carboxylic acids is 1. The van der Waals surface area contributed by atoms with Crippen LogP contribution in [0.15, 0.2) is 54.7 Å². The number of carbonyl (C=O) groups is 3. The number of amides is 2. The number of nitrogens with two attached hydrogens (primary N) is 1. The lowest BCUT2D eigenvalue weighted by molar-refractivity contribution is -0.146. The lowest BCUT2D eigenvalue weighted by Crippen LogP contribution is -2.58. The van der Waals surface area contributed by atoms with Gasteiger partial charge in [0.05, 0.1) is 6.04 Å². The first-order valence-electron chi connectivity index (χ1n) is 11.6. The van der Waals surface area contributed by atoms with Crippen LogP contribution in [0.3, 0.4) is 0 Å². The van der Waals surface area contributed by atoms with Crippen molar-refractivity contribution >= 4 is 40.4 Å². The van der Waals surface area contributed by atoms with E-state index in [1.54, 1.807) is 0 Å². The van der Waals surface area contributed by atoms with Crippen molar-refractivity contribution in [3.05, 3.63) is 71.4 Å². The Morgan fingerprint density at radius 1 is 1.17 bits per heavy atom. The fourth-order valence-corrected chi connectivity index (χ4v) is 5.06. The van der Waals surface area contributed by atoms with Crippen LogP contribution in [0.4, 0.5) is 0 Å². The Balaban J connectivity index is 1.56. The molecule has 0 saturated carbocycles. The fraction of sp³-hybridized carbons (Fsp3) is 0.346. The Kier molecular flexibility index (Phi) is 7.77. The number of fused-ring (bicyclic) bond motifs is 2. The summed E-state index contributed by atoms with van der Waals surface area (Å²) in [5, 5.41) is 13.2. The number of carboxylic acid groups (broad SMARTS) is 1. The molecule has 0 saturated heterocycles. The number of hydrogen-bond acceptors (Lipinski definition) is 5. The third kappa shape index (κ3) is 5.52. The van der Waals surface area contributed by atoms with E-state index in [0.717, 1.165) is 27.6 Å². The van der Waals surface area contributed by atoms with Crippen LogP contribution in [0.2, 0.25) is 0 Å². The zero-order valence-corrected chi connectivity index (χ0v) is 20.4. The predicted octanol–water partition coefficient (Wildman–Crippen LogP) is 2.31. The van der Waals surface area contributed by atoms with Gasteiger partial charge in [-0.15, -0.1) is 0 Å². The van der Waals surface area contributed by atoms with Crippen molar-refractivity contribution in [2.75, 3.05) is 12.0 Å². The van der Waals surface area contributed by atoms with E-state index in [0.29, 0.717) is 25.0 Å². The maximum Gasteiger partial charge on any atom is 0.326 e. The number of aromatic nitrogens is 1. The van der Waals surface area contributed by atoms with Gasteiger partial charge >= 0.3 is 5.97 Å². The summed E-state index contributed by atoms with van der Waals surface area (Å²) in [5.74, 6) is -1.29. The molecule has 2 aromatic carbocycles. The lowest BCUT2D eigenvalue weighted by Gasteiger charge is -2.37. The molecule has 8 nitrogen and oxygen atoms in total. The smallest absolute Gasteiger partial charge is 0.326 e. The SMILES string of the molecule is CSCC[C@H](NC(=O)[C@@H]1Cc2ccccc2CN1C(=O)[C@@H](N)Cc1c[nH]c2ccccc12)C(=O)O. The van der Waals surface area contributed by atoms with Crippen molar-refractivity contribution < 1.29 is 19.5 Å². The van der Waals surface area contributed by atoms with Crippen molar-refractivity contribution in [2.24, 2.45) is 5.73 Å². The van der Waals surface area contributed by atoms with Gasteiger partial charge in [-0.1, -0.05) is 42.5 Å². The Hall–Kier alpha value is -3.30. The number of benzene rings is 2. The van der Waals surface area contributed by atoms with Crippen LogP contribution in [0.5, 0.6) is 0 Å². The highest BCUT2D eigenvalue weighted by molar-refractivity contribution is 7.98. The minimum absolute atomic E-state index is 0.247. The minimum atomic E-state index is -1.09. The largest absolute Gasteiger partial charge is 0.480 e. The molecule has 4 rings (SSSR count). The first-order chi connectivity index (χ1) is 16.9. The molecule has 0 aliphatic carbocycles. The van der Waals surface area contributed by atoms with Crippen LogP contribution in [0.1, 0.15) is 23.1 Å². The summed E-state index contributed by atoms with van der Waals surface area (Å²) in [7, 11) is 0. The number of H-pyrrole nitrogens is 1. The molecule has 1 aliphatic rings. The van der Waals surface area contributed by atoms with Gasteiger partial charge in [0, 0.05) is 30.1 Å². The first-order valence-corrected chi connectivity index (χ1v) is 13.0. The normalized spacial score (nSPS) is 17.0. The zero-order chi connectivity index (χ0) is 24.9. The Morgan fingerprint density at radius 3 is 2.63 bits per heavy atom. The molecule has 0 radical (unpaired) electrons. The summed E-state index contributed by atoms with van der Waals surface area (Å²) in [6.07, 6.45) is 4.67. The number of thioether (sulfide) groups is 1. The van der Waals surface area contributed by atoms with Crippen molar-refractivity contribution in [3.63, 3.8) is 0 Å². The molecule has 0 unspecified atom stereocenters. The standard InChI is InChI=1S/C26H30N4O4S/c1-35-11-10-22(26(33)34)29-24(31)23-13-16-6-2-3-7-17(16)15-30(23)25(32)20(27)12-18-14-28-21-9-5-4-8-19(18)21/h2-9,14,20,22-23,28H,10-13,15,27H2,1H3,(H,29,31)(H,33,34)/t20-,22-,23-/m0/s1. The molecular formula is C26H30N4O4S. The summed E-state index contributed by atoms with van der Waals surface area (Å²) >= 11 is 1.51. The topological polar surface area (TPSA) is 129 Å². The van der Waals surface area contributed by atoms with E-state index in [9.17, 15) is 19.5 Å². The van der Waals surface area contributed by atoms with E-state index in [1.165, 1.54) is 16.7 Å². The molecule has 0 spiro atoms. The highest BCUT2D eigenvalue weighted by Crippen LogP contribution is 2.26. The molecule has 3 aromatic rings. The number of aromatic amines is 1. The predicted molar refractivity (Wildman–Crippen MR) is 137 cm³/mol. The van der Waals surface area contributed by atoms with Gasteiger partial charge in [0.25, 0.3) is 0 Å². The van der Waals surface area contributed by atoms with Crippen molar-refractivity contribution in [1.29, 1.82) is 0 Å². The maximum absolute atomic E-state index is 13.6. The molecule has 1 aliphatic heterocycles. The van der Waals surface area contributed by atoms with Crippen LogP contribution in [0.25, 0.3) is 10.9 Å². The van der Waals surface area contributed by atoms with Crippen molar-refractivity contribution in [1.82, 2.24) is 15.2 Å². The van der Waals surface area contributed by atoms with Gasteiger partial charge in [-0.05, 0) is 47.6 Å². The van der Waals surface area contributed by atoms with E-state index in [2.05, 4.69) is 10.3 Å². The molecule has 1 aromatic heterocycles. The molecule has 3 atom stereocenters. The summed E-state index contributed by atoms with van der Waals surface area (Å²) in [5.41, 5.74) is 10.2. The van der Waals surface area contributed by atoms with E-state index in [-0.39, 0.29) is 12.5 Å². The quantitative estimate of drug-likeness (QED) is 0.361. The second-order valence-corrected chi connectivity index (χ2v) is 9.79. The van der Waals surface area contributed by atoms with Crippen LogP contribution in [0, 0.1) is 0 Å². The molecule has 2 heterocycles. The number of hydrogen-bond donors (Lipinski definition) is 4. The van der Waals surface area contributed by atoms with Crippen LogP contribution < -0.4 is 11.1 Å². The summed E-state index contributed by atoms with van der Waals surface area (Å²) < 4.78 is 0. The average Bonchev–Trinajstić information content (AvgIpc) is 3.27. The number of aliphatic carboxylic acids is 1. The molecule has 5 N–H and O–H groups in total. The molecule has 9 heteroatoms.